The third-order valence-corrected chi connectivity index (χ3v) is 17.4. The van der Waals surface area contributed by atoms with Gasteiger partial charge in [0.2, 0.25) is 12.3 Å². The van der Waals surface area contributed by atoms with Crippen LogP contribution in [0.4, 0.5) is 15.2 Å². The van der Waals surface area contributed by atoms with Gasteiger partial charge in [-0.05, 0) is 73.1 Å². The Morgan fingerprint density at radius 3 is 2.51 bits per heavy atom. The Morgan fingerprint density at radius 1 is 1.06 bits per heavy atom. The molecule has 5 atom stereocenters. The van der Waals surface area contributed by atoms with Gasteiger partial charge >= 0.3 is 6.01 Å². The number of fused-ring (bicyclic) bond motifs is 4. The topological polar surface area (TPSA) is 232 Å². The Bertz CT molecular complexity index is 3690. The van der Waals surface area contributed by atoms with Crippen LogP contribution in [0.5, 0.6) is 11.8 Å². The zero-order chi connectivity index (χ0) is 57.2. The van der Waals surface area contributed by atoms with Crippen LogP contribution in [0, 0.1) is 23.1 Å². The van der Waals surface area contributed by atoms with Crippen molar-refractivity contribution >= 4 is 78.7 Å². The lowest BCUT2D eigenvalue weighted by molar-refractivity contribution is -0.137. The lowest BCUT2D eigenvalue weighted by atomic mass is 9.96. The van der Waals surface area contributed by atoms with E-state index in [-0.39, 0.29) is 64.5 Å². The summed E-state index contributed by atoms with van der Waals surface area (Å²) in [5.74, 6) is 0.641. The highest BCUT2D eigenvalue weighted by atomic mass is 35.5. The molecule has 8 aromatic rings. The van der Waals surface area contributed by atoms with Gasteiger partial charge in [0.15, 0.2) is 5.75 Å². The maximum atomic E-state index is 15.5. The van der Waals surface area contributed by atoms with E-state index in [1.807, 2.05) is 79.5 Å². The van der Waals surface area contributed by atoms with E-state index in [1.54, 1.807) is 29.1 Å². The first-order chi connectivity index (χ1) is 39.8. The fourth-order valence-electron chi connectivity index (χ4n) is 11.5. The van der Waals surface area contributed by atoms with Crippen LogP contribution in [0.2, 0.25) is 10.0 Å². The van der Waals surface area contributed by atoms with Gasteiger partial charge in [-0.3, -0.25) is 14.6 Å². The molecule has 0 aliphatic carbocycles. The summed E-state index contributed by atoms with van der Waals surface area (Å²) in [7, 11) is 0. The Hall–Kier alpha value is -7.51. The smallest absolute Gasteiger partial charge is 0.319 e. The second kappa shape index (κ2) is 24.5. The number of nitrogens with two attached hydrogens (primary N) is 1. The molecule has 22 heteroatoms. The Kier molecular flexibility index (Phi) is 16.9. The minimum absolute atomic E-state index is 0.0229. The fourth-order valence-corrected chi connectivity index (χ4v) is 13.0. The zero-order valence-electron chi connectivity index (χ0n) is 45.4. The predicted molar refractivity (Wildman–Crippen MR) is 314 cm³/mol. The van der Waals surface area contributed by atoms with Gasteiger partial charge in [0.05, 0.1) is 58.1 Å². The average Bonchev–Trinajstić information content (AvgIpc) is 2.28. The number of ether oxygens (including phenoxy) is 3. The van der Waals surface area contributed by atoms with Crippen molar-refractivity contribution in [3.8, 4) is 51.5 Å². The SMILES string of the molecule is CC(C)C(C(=O)N1CCCC1C)n1cc(-c2ccc(COc3c(-c4ccc(F)c5sc(N)c(C#N)c45)c(Cl)cc4c(N5CC6CC5CN6)nc(OC5CCOCC5)nc34)cc2)nn1.O=CNC(CO)c1ccc(-c2ncccc2Cl)cc1. The number of aliphatic hydroxyl groups excluding tert-OH is 1. The molecule has 8 heterocycles. The second-order valence-corrected chi connectivity index (χ2v) is 23.2. The molecule has 4 fully saturated rings. The highest BCUT2D eigenvalue weighted by Crippen LogP contribution is 2.50. The summed E-state index contributed by atoms with van der Waals surface area (Å²) in [4.78, 5) is 42.7. The van der Waals surface area contributed by atoms with Crippen molar-refractivity contribution in [2.45, 2.75) is 95.8 Å². The highest BCUT2D eigenvalue weighted by molar-refractivity contribution is 7.23. The van der Waals surface area contributed by atoms with E-state index in [9.17, 15) is 20.0 Å². The lowest BCUT2D eigenvalue weighted by Crippen LogP contribution is -2.44. The van der Waals surface area contributed by atoms with E-state index in [1.165, 1.54) is 6.07 Å². The number of benzene rings is 4. The summed E-state index contributed by atoms with van der Waals surface area (Å²) >= 11 is 14.5. The molecular formula is C60H61Cl2FN12O6S. The molecule has 4 aliphatic heterocycles. The predicted octanol–water partition coefficient (Wildman–Crippen LogP) is 10.1. The van der Waals surface area contributed by atoms with Crippen molar-refractivity contribution in [3.05, 3.63) is 124 Å². The number of nitrogen functional groups attached to an aromatic ring is 1. The van der Waals surface area contributed by atoms with E-state index >= 15 is 4.39 Å². The van der Waals surface area contributed by atoms with Crippen molar-refractivity contribution in [2.75, 3.05) is 50.1 Å². The normalized spacial score (nSPS) is 18.6. The number of rotatable bonds is 16. The number of aliphatic hydroxyl groups is 1. The van der Waals surface area contributed by atoms with Gasteiger partial charge in [0.25, 0.3) is 0 Å². The quantitative estimate of drug-likeness (QED) is 0.0659. The first-order valence-corrected chi connectivity index (χ1v) is 29.0. The maximum absolute atomic E-state index is 15.5. The molecule has 4 aromatic heterocycles. The van der Waals surface area contributed by atoms with Crippen molar-refractivity contribution < 1.29 is 33.3 Å². The van der Waals surface area contributed by atoms with Crippen LogP contribution in [0.15, 0.2) is 91.3 Å². The third kappa shape index (κ3) is 11.4. The van der Waals surface area contributed by atoms with Crippen LogP contribution >= 0.6 is 34.5 Å². The number of carbonyl (C=O) groups is 2. The molecule has 5 unspecified atom stereocenters. The molecule has 4 aliphatic rings. The standard InChI is InChI=1S/C46H48ClFN10O4S.C14H13ClN2O2/c1-24(2)40(45(59)56-14-4-5-25(56)3)58-22-36(54-55-58)27-8-6-26(7-9-27)23-61-41-38(31-10-11-35(48)42-37(31)33(19-49)43(50)63-42)34(47)18-32-39(41)52-46(62-30-12-15-60-16-13-30)53-44(32)57-21-28-17-29(57)20-51-28;15-12-2-1-7-16-14(12)11-5-3-10(4-6-11)13(8-18)17-9-19/h6-11,18,22,24-25,28-30,40,51H,4-5,12-17,20-21,23,50H2,1-3H3;1-7,9,13,18H,8H2,(H,17,19). The fraction of sp³-hybridized carbons (Fsp3) is 0.367. The third-order valence-electron chi connectivity index (χ3n) is 15.8. The number of hydrogen-bond acceptors (Lipinski definition) is 16. The molecule has 12 rings (SSSR count). The minimum Gasteiger partial charge on any atom is -0.486 e. The van der Waals surface area contributed by atoms with E-state index in [2.05, 4.69) is 43.8 Å². The highest BCUT2D eigenvalue weighted by Gasteiger charge is 2.40. The largest absolute Gasteiger partial charge is 0.486 e. The molecule has 0 radical (unpaired) electrons. The lowest BCUT2D eigenvalue weighted by Gasteiger charge is -2.30. The molecule has 18 nitrogen and oxygen atoms in total. The molecule has 2 amide bonds. The van der Waals surface area contributed by atoms with Crippen LogP contribution in [0.1, 0.15) is 81.6 Å². The number of likely N-dealkylation sites (tertiary alicyclic amines) is 1. The first kappa shape index (κ1) is 56.4. The number of nitriles is 1. The second-order valence-electron chi connectivity index (χ2n) is 21.4. The molecule has 5 N–H and O–H groups in total. The number of anilines is 2. The van der Waals surface area contributed by atoms with E-state index in [4.69, 9.17) is 53.1 Å². The molecule has 82 heavy (non-hydrogen) atoms. The summed E-state index contributed by atoms with van der Waals surface area (Å²) in [5.41, 5.74) is 12.6. The number of amides is 2. The molecule has 2 bridgehead atoms. The van der Waals surface area contributed by atoms with Gasteiger partial charge in [-0.25, -0.2) is 9.07 Å². The van der Waals surface area contributed by atoms with Crippen molar-refractivity contribution in [1.82, 2.24) is 45.5 Å². The number of piperazine rings is 1. The van der Waals surface area contributed by atoms with Crippen LogP contribution in [0.25, 0.3) is 54.6 Å². The summed E-state index contributed by atoms with van der Waals surface area (Å²) < 4.78 is 36.4. The van der Waals surface area contributed by atoms with Gasteiger partial charge in [-0.15, -0.1) is 16.4 Å². The van der Waals surface area contributed by atoms with Crippen molar-refractivity contribution in [3.63, 3.8) is 0 Å². The number of nitrogens with zero attached hydrogens (tertiary/aromatic N) is 9. The van der Waals surface area contributed by atoms with Crippen molar-refractivity contribution in [2.24, 2.45) is 5.92 Å². The molecule has 0 spiro atoms. The maximum Gasteiger partial charge on any atom is 0.319 e. The van der Waals surface area contributed by atoms with E-state index in [0.717, 1.165) is 72.5 Å². The first-order valence-electron chi connectivity index (χ1n) is 27.5. The molecule has 0 saturated carbocycles. The van der Waals surface area contributed by atoms with Gasteiger partial charge in [0, 0.05) is 84.3 Å². The number of hydrogen-bond donors (Lipinski definition) is 4. The molecule has 4 saturated heterocycles. The summed E-state index contributed by atoms with van der Waals surface area (Å²) in [6, 6.07) is 25.9. The summed E-state index contributed by atoms with van der Waals surface area (Å²) in [6.45, 7) is 9.62. The number of nitrogens with one attached hydrogen (secondary N) is 2. The number of aromatic nitrogens is 6. The van der Waals surface area contributed by atoms with Gasteiger partial charge in [0.1, 0.15) is 52.7 Å². The van der Waals surface area contributed by atoms with Crippen LogP contribution in [-0.4, -0.2) is 116 Å². The molecule has 424 valence electrons. The Morgan fingerprint density at radius 2 is 1.84 bits per heavy atom. The number of thiophene rings is 1. The zero-order valence-corrected chi connectivity index (χ0v) is 47.7. The summed E-state index contributed by atoms with van der Waals surface area (Å²) in [5, 5.41) is 36.7. The number of halogens is 3. The monoisotopic (exact) mass is 1170 g/mol. The molecule has 4 aromatic carbocycles. The number of pyridine rings is 1. The summed E-state index contributed by atoms with van der Waals surface area (Å²) in [6.07, 6.45) is 8.37. The van der Waals surface area contributed by atoms with Crippen LogP contribution in [0.3, 0.4) is 0 Å². The van der Waals surface area contributed by atoms with Crippen molar-refractivity contribution in [1.29, 1.82) is 5.26 Å². The van der Waals surface area contributed by atoms with E-state index < -0.39 is 17.9 Å². The van der Waals surface area contributed by atoms with Crippen LogP contribution in [-0.2, 0) is 20.9 Å². The van der Waals surface area contributed by atoms with Crippen LogP contribution < -0.4 is 30.7 Å². The van der Waals surface area contributed by atoms with Gasteiger partial charge in [-0.1, -0.05) is 96.9 Å². The molecular weight excluding hydrogens is 1110 g/mol. The number of carbonyl (C=O) groups excluding carboxylic acids is 2. The minimum atomic E-state index is -0.492. The van der Waals surface area contributed by atoms with Gasteiger partial charge in [-0.2, -0.15) is 15.2 Å². The Labute approximate surface area is 487 Å². The average molecular weight is 1170 g/mol. The van der Waals surface area contributed by atoms with Gasteiger partial charge < -0.3 is 45.5 Å². The Balaban J connectivity index is 0.000000315. The van der Waals surface area contributed by atoms with E-state index in [0.29, 0.717) is 98.9 Å².